The first kappa shape index (κ1) is 24.4. The third-order valence-electron chi connectivity index (χ3n) is 3.55. The first-order chi connectivity index (χ1) is 10.2. The van der Waals surface area contributed by atoms with Gasteiger partial charge in [-0.2, -0.15) is 4.57 Å². The lowest BCUT2D eigenvalue weighted by Crippen LogP contribution is -3.00. The van der Waals surface area contributed by atoms with E-state index < -0.39 is 0 Å². The highest BCUT2D eigenvalue weighted by molar-refractivity contribution is 6.28. The molecule has 0 saturated heterocycles. The number of nitrogens with zero attached hydrogens (tertiary/aromatic N) is 1. The fraction of sp³-hybridized carbons (Fsp3) is 0.722. The van der Waals surface area contributed by atoms with Crippen LogP contribution in [0.3, 0.4) is 0 Å². The average Bonchev–Trinajstić information content (AvgIpc) is 2.49. The SMILES string of the molecule is CCCCCCCCCCCCN.C[n+]1ccccc1Cl.[I-]. The third-order valence-corrected chi connectivity index (χ3v) is 3.94. The molecule has 0 aromatic carbocycles. The summed E-state index contributed by atoms with van der Waals surface area (Å²) in [6, 6.07) is 5.69. The van der Waals surface area contributed by atoms with Gasteiger partial charge in [-0.15, -0.1) is 0 Å². The van der Waals surface area contributed by atoms with E-state index in [1.54, 1.807) is 0 Å². The molecule has 0 aliphatic rings. The van der Waals surface area contributed by atoms with Crippen molar-refractivity contribution in [2.45, 2.75) is 71.1 Å². The van der Waals surface area contributed by atoms with Crippen molar-refractivity contribution in [3.8, 4) is 0 Å². The van der Waals surface area contributed by atoms with E-state index in [-0.39, 0.29) is 24.0 Å². The summed E-state index contributed by atoms with van der Waals surface area (Å²) >= 11 is 5.67. The predicted octanol–water partition coefficient (Wildman–Crippen LogP) is 2.03. The van der Waals surface area contributed by atoms with Crippen molar-refractivity contribution in [1.29, 1.82) is 0 Å². The van der Waals surface area contributed by atoms with E-state index in [0.29, 0.717) is 0 Å². The lowest BCUT2D eigenvalue weighted by atomic mass is 10.1. The van der Waals surface area contributed by atoms with Crippen molar-refractivity contribution in [2.75, 3.05) is 6.54 Å². The summed E-state index contributed by atoms with van der Waals surface area (Å²) in [6.45, 7) is 3.14. The van der Waals surface area contributed by atoms with Crippen LogP contribution in [-0.2, 0) is 7.05 Å². The molecule has 0 aliphatic heterocycles. The molecular formula is C18H34ClIN2. The molecule has 1 heterocycles. The van der Waals surface area contributed by atoms with E-state index in [1.807, 2.05) is 36.0 Å². The largest absolute Gasteiger partial charge is 1.00 e. The van der Waals surface area contributed by atoms with Crippen molar-refractivity contribution in [3.05, 3.63) is 29.5 Å². The Morgan fingerprint density at radius 2 is 1.41 bits per heavy atom. The van der Waals surface area contributed by atoms with E-state index in [4.69, 9.17) is 17.3 Å². The monoisotopic (exact) mass is 440 g/mol. The standard InChI is InChI=1S/C12H27N.C6H7ClN.HI/c1-2-3-4-5-6-7-8-9-10-11-12-13;1-8-5-3-2-4-6(8)7;/h2-13H2,1H3;2-5H,1H3;1H/q;+1;/p-1. The van der Waals surface area contributed by atoms with Crippen molar-refractivity contribution in [2.24, 2.45) is 12.8 Å². The summed E-state index contributed by atoms with van der Waals surface area (Å²) in [5.41, 5.74) is 5.42. The van der Waals surface area contributed by atoms with Crippen LogP contribution in [0, 0.1) is 0 Å². The molecule has 0 aliphatic carbocycles. The molecule has 1 rings (SSSR count). The Hall–Kier alpha value is 0.130. The number of hydrogen-bond donors (Lipinski definition) is 1. The molecule has 4 heteroatoms. The maximum Gasteiger partial charge on any atom is 0.274 e. The second-order valence-corrected chi connectivity index (χ2v) is 5.99. The number of halogens is 2. The van der Waals surface area contributed by atoms with Gasteiger partial charge < -0.3 is 29.7 Å². The molecule has 0 atom stereocenters. The molecule has 1 aromatic heterocycles. The van der Waals surface area contributed by atoms with Gasteiger partial charge in [0.2, 0.25) is 0 Å². The van der Waals surface area contributed by atoms with Crippen LogP contribution < -0.4 is 34.3 Å². The number of nitrogens with two attached hydrogens (primary N) is 1. The van der Waals surface area contributed by atoms with Gasteiger partial charge in [-0.25, -0.2) is 0 Å². The van der Waals surface area contributed by atoms with Crippen molar-refractivity contribution in [1.82, 2.24) is 0 Å². The first-order valence-electron chi connectivity index (χ1n) is 8.52. The molecule has 0 radical (unpaired) electrons. The number of hydrogen-bond acceptors (Lipinski definition) is 1. The number of aryl methyl sites for hydroxylation is 1. The molecule has 2 nitrogen and oxygen atoms in total. The van der Waals surface area contributed by atoms with Gasteiger partial charge in [0.25, 0.3) is 5.15 Å². The summed E-state index contributed by atoms with van der Waals surface area (Å²) in [5, 5.41) is 0.757. The number of rotatable bonds is 10. The van der Waals surface area contributed by atoms with Crippen LogP contribution in [-0.4, -0.2) is 6.54 Å². The van der Waals surface area contributed by atoms with Gasteiger partial charge in [-0.05, 0) is 30.6 Å². The normalized spacial score (nSPS) is 9.64. The highest BCUT2D eigenvalue weighted by Crippen LogP contribution is 2.09. The van der Waals surface area contributed by atoms with Gasteiger partial charge in [0.05, 0.1) is 0 Å². The highest BCUT2D eigenvalue weighted by Gasteiger charge is 1.95. The minimum atomic E-state index is 0. The maximum atomic E-state index is 5.67. The van der Waals surface area contributed by atoms with E-state index in [1.165, 1.54) is 64.2 Å². The Morgan fingerprint density at radius 3 is 1.77 bits per heavy atom. The Morgan fingerprint density at radius 1 is 0.909 bits per heavy atom. The molecule has 0 bridgehead atoms. The topological polar surface area (TPSA) is 29.9 Å². The van der Waals surface area contributed by atoms with Gasteiger partial charge in [-0.3, -0.25) is 0 Å². The van der Waals surface area contributed by atoms with Gasteiger partial charge in [0, 0.05) is 12.1 Å². The van der Waals surface area contributed by atoms with E-state index in [2.05, 4.69) is 6.92 Å². The Kier molecular flexibility index (Phi) is 21.3. The van der Waals surface area contributed by atoms with E-state index in [9.17, 15) is 0 Å². The zero-order valence-corrected chi connectivity index (χ0v) is 17.3. The second kappa shape index (κ2) is 19.2. The van der Waals surface area contributed by atoms with Crippen LogP contribution in [0.4, 0.5) is 0 Å². The van der Waals surface area contributed by atoms with Gasteiger partial charge in [-0.1, -0.05) is 64.7 Å². The van der Waals surface area contributed by atoms with E-state index in [0.717, 1.165) is 11.7 Å². The average molecular weight is 441 g/mol. The van der Waals surface area contributed by atoms with Crippen molar-refractivity contribution < 1.29 is 28.5 Å². The molecule has 130 valence electrons. The van der Waals surface area contributed by atoms with Crippen LogP contribution in [0.15, 0.2) is 24.4 Å². The number of aromatic nitrogens is 1. The number of pyridine rings is 1. The maximum absolute atomic E-state index is 5.67. The van der Waals surface area contributed by atoms with Gasteiger partial charge in [0.15, 0.2) is 6.20 Å². The quantitative estimate of drug-likeness (QED) is 0.257. The Bertz CT molecular complexity index is 304. The van der Waals surface area contributed by atoms with Crippen LogP contribution in [0.5, 0.6) is 0 Å². The molecule has 0 spiro atoms. The summed E-state index contributed by atoms with van der Waals surface area (Å²) in [7, 11) is 1.91. The second-order valence-electron chi connectivity index (χ2n) is 5.60. The minimum Gasteiger partial charge on any atom is -1.00 e. The zero-order chi connectivity index (χ0) is 15.8. The molecular weight excluding hydrogens is 407 g/mol. The van der Waals surface area contributed by atoms with Crippen LogP contribution in [0.25, 0.3) is 0 Å². The summed E-state index contributed by atoms with van der Waals surface area (Å²) in [4.78, 5) is 0. The predicted molar refractivity (Wildman–Crippen MR) is 93.5 cm³/mol. The van der Waals surface area contributed by atoms with Crippen molar-refractivity contribution >= 4 is 11.6 Å². The molecule has 0 unspecified atom stereocenters. The van der Waals surface area contributed by atoms with Crippen LogP contribution in [0.1, 0.15) is 71.1 Å². The molecule has 1 aromatic rings. The molecule has 0 amide bonds. The zero-order valence-electron chi connectivity index (χ0n) is 14.4. The lowest BCUT2D eigenvalue weighted by molar-refractivity contribution is -0.669. The summed E-state index contributed by atoms with van der Waals surface area (Å²) in [6.07, 6.45) is 15.8. The smallest absolute Gasteiger partial charge is 0.274 e. The number of unbranched alkanes of at least 4 members (excludes halogenated alkanes) is 9. The minimum absolute atomic E-state index is 0. The van der Waals surface area contributed by atoms with E-state index >= 15 is 0 Å². The fourth-order valence-electron chi connectivity index (χ4n) is 2.13. The fourth-order valence-corrected chi connectivity index (χ4v) is 2.26. The molecule has 2 N–H and O–H groups in total. The van der Waals surface area contributed by atoms with Crippen LogP contribution in [0.2, 0.25) is 5.15 Å². The van der Waals surface area contributed by atoms with Crippen molar-refractivity contribution in [3.63, 3.8) is 0 Å². The Labute approximate surface area is 159 Å². The highest BCUT2D eigenvalue weighted by atomic mass is 127. The van der Waals surface area contributed by atoms with Gasteiger partial charge in [0.1, 0.15) is 7.05 Å². The Balaban J connectivity index is 0. The molecule has 0 fully saturated rings. The summed E-state index contributed by atoms with van der Waals surface area (Å²) in [5.74, 6) is 0. The van der Waals surface area contributed by atoms with Crippen LogP contribution >= 0.6 is 11.6 Å². The molecule has 0 saturated carbocycles. The van der Waals surface area contributed by atoms with Gasteiger partial charge >= 0.3 is 0 Å². The molecule has 22 heavy (non-hydrogen) atoms. The lowest BCUT2D eigenvalue weighted by Gasteiger charge is -2.00. The summed E-state index contributed by atoms with van der Waals surface area (Å²) < 4.78 is 1.85. The third kappa shape index (κ3) is 16.5. The first-order valence-corrected chi connectivity index (χ1v) is 8.90.